The second-order valence-electron chi connectivity index (χ2n) is 4.85. The van der Waals surface area contributed by atoms with Crippen molar-refractivity contribution in [1.29, 1.82) is 0 Å². The van der Waals surface area contributed by atoms with Crippen molar-refractivity contribution >= 4 is 27.6 Å². The Morgan fingerprint density at radius 1 is 1.35 bits per heavy atom. The third kappa shape index (κ3) is 3.84. The number of aromatic nitrogens is 2. The van der Waals surface area contributed by atoms with Gasteiger partial charge in [-0.3, -0.25) is 0 Å². The van der Waals surface area contributed by atoms with Crippen LogP contribution in [0.15, 0.2) is 28.9 Å². The first-order valence-corrected chi connectivity index (χ1v) is 7.45. The van der Waals surface area contributed by atoms with Crippen molar-refractivity contribution in [3.8, 4) is 0 Å². The van der Waals surface area contributed by atoms with Gasteiger partial charge in [-0.25, -0.2) is 4.98 Å². The van der Waals surface area contributed by atoms with Gasteiger partial charge < -0.3 is 14.6 Å². The van der Waals surface area contributed by atoms with Gasteiger partial charge in [-0.15, -0.1) is 0 Å². The van der Waals surface area contributed by atoms with Crippen LogP contribution in [-0.4, -0.2) is 23.3 Å². The van der Waals surface area contributed by atoms with Crippen LogP contribution in [0.25, 0.3) is 0 Å². The molecule has 0 atom stereocenters. The number of halogens is 1. The Labute approximate surface area is 128 Å². The maximum absolute atomic E-state index is 5.10. The van der Waals surface area contributed by atoms with Crippen LogP contribution in [0, 0.1) is 13.8 Å². The third-order valence-corrected chi connectivity index (χ3v) is 3.67. The molecule has 2 aromatic rings. The van der Waals surface area contributed by atoms with Crippen molar-refractivity contribution < 1.29 is 4.74 Å². The smallest absolute Gasteiger partial charge is 0.207 e. The lowest BCUT2D eigenvalue weighted by Gasteiger charge is -2.11. The van der Waals surface area contributed by atoms with Gasteiger partial charge in [0, 0.05) is 30.9 Å². The first-order chi connectivity index (χ1) is 9.60. The van der Waals surface area contributed by atoms with E-state index in [-0.39, 0.29) is 0 Å². The minimum atomic E-state index is 0.755. The van der Waals surface area contributed by atoms with Crippen LogP contribution in [0.1, 0.15) is 17.7 Å². The normalized spacial score (nSPS) is 10.8. The zero-order valence-electron chi connectivity index (χ0n) is 12.1. The number of nitrogens with zero attached hydrogens (tertiary/aromatic N) is 2. The molecule has 2 rings (SSSR count). The van der Waals surface area contributed by atoms with E-state index in [0.29, 0.717) is 0 Å². The van der Waals surface area contributed by atoms with Gasteiger partial charge in [-0.2, -0.15) is 0 Å². The van der Waals surface area contributed by atoms with E-state index in [9.17, 15) is 0 Å². The predicted molar refractivity (Wildman–Crippen MR) is 85.6 cm³/mol. The maximum Gasteiger partial charge on any atom is 0.207 e. The number of rotatable bonds is 6. The van der Waals surface area contributed by atoms with E-state index in [2.05, 4.69) is 62.1 Å². The van der Waals surface area contributed by atoms with Crippen LogP contribution in [0.2, 0.25) is 0 Å². The lowest BCUT2D eigenvalue weighted by atomic mass is 10.2. The highest BCUT2D eigenvalue weighted by Gasteiger charge is 2.08. The molecular formula is C15H20BrN3O. The first-order valence-electron chi connectivity index (χ1n) is 6.66. The summed E-state index contributed by atoms with van der Waals surface area (Å²) in [6.45, 7) is 5.72. The molecule has 1 aromatic heterocycles. The number of hydrogen-bond donors (Lipinski definition) is 1. The van der Waals surface area contributed by atoms with E-state index in [4.69, 9.17) is 4.74 Å². The average Bonchev–Trinajstić information content (AvgIpc) is 2.73. The molecule has 0 fully saturated rings. The molecule has 5 heteroatoms. The zero-order chi connectivity index (χ0) is 14.5. The lowest BCUT2D eigenvalue weighted by molar-refractivity contribution is 0.190. The molecule has 1 heterocycles. The summed E-state index contributed by atoms with van der Waals surface area (Å²) in [5.41, 5.74) is 3.25. The summed E-state index contributed by atoms with van der Waals surface area (Å²) in [6.07, 6.45) is 3.02. The van der Waals surface area contributed by atoms with Gasteiger partial charge in [0.1, 0.15) is 0 Å². The largest absolute Gasteiger partial charge is 0.385 e. The highest BCUT2D eigenvalue weighted by Crippen LogP contribution is 2.26. The van der Waals surface area contributed by atoms with E-state index in [1.54, 1.807) is 7.11 Å². The molecule has 20 heavy (non-hydrogen) atoms. The second kappa shape index (κ2) is 6.90. The van der Waals surface area contributed by atoms with Crippen LogP contribution in [0.4, 0.5) is 11.6 Å². The molecule has 0 aliphatic rings. The van der Waals surface area contributed by atoms with Gasteiger partial charge in [-0.05, 0) is 53.9 Å². The van der Waals surface area contributed by atoms with Crippen molar-refractivity contribution in [3.05, 3.63) is 40.1 Å². The van der Waals surface area contributed by atoms with Crippen LogP contribution >= 0.6 is 15.9 Å². The fraction of sp³-hybridized carbons (Fsp3) is 0.400. The number of aryl methyl sites for hydroxylation is 3. The van der Waals surface area contributed by atoms with E-state index >= 15 is 0 Å². The van der Waals surface area contributed by atoms with E-state index in [0.717, 1.165) is 41.4 Å². The van der Waals surface area contributed by atoms with Gasteiger partial charge in [0.2, 0.25) is 5.95 Å². The van der Waals surface area contributed by atoms with Crippen LogP contribution in [0.3, 0.4) is 0 Å². The summed E-state index contributed by atoms with van der Waals surface area (Å²) in [6, 6.07) is 6.23. The van der Waals surface area contributed by atoms with Crippen molar-refractivity contribution in [2.75, 3.05) is 19.0 Å². The van der Waals surface area contributed by atoms with Gasteiger partial charge >= 0.3 is 0 Å². The van der Waals surface area contributed by atoms with Crippen molar-refractivity contribution in [1.82, 2.24) is 9.55 Å². The second-order valence-corrected chi connectivity index (χ2v) is 5.71. The number of hydrogen-bond acceptors (Lipinski definition) is 3. The average molecular weight is 338 g/mol. The van der Waals surface area contributed by atoms with E-state index in [1.165, 1.54) is 5.56 Å². The van der Waals surface area contributed by atoms with Crippen molar-refractivity contribution in [2.24, 2.45) is 0 Å². The summed E-state index contributed by atoms with van der Waals surface area (Å²) in [4.78, 5) is 4.54. The fourth-order valence-corrected chi connectivity index (χ4v) is 2.63. The highest BCUT2D eigenvalue weighted by atomic mass is 79.9. The Bertz CT molecular complexity index is 580. The third-order valence-electron chi connectivity index (χ3n) is 3.02. The van der Waals surface area contributed by atoms with Gasteiger partial charge in [-0.1, -0.05) is 6.07 Å². The topological polar surface area (TPSA) is 39.1 Å². The molecule has 0 saturated heterocycles. The molecule has 0 aliphatic carbocycles. The number of ether oxygens (including phenoxy) is 1. The Balaban J connectivity index is 2.15. The molecule has 0 amide bonds. The summed E-state index contributed by atoms with van der Waals surface area (Å²) in [5, 5.41) is 3.38. The molecule has 0 aliphatic heterocycles. The van der Waals surface area contributed by atoms with Crippen molar-refractivity contribution in [3.63, 3.8) is 0 Å². The first kappa shape index (κ1) is 15.1. The minimum absolute atomic E-state index is 0.755. The molecule has 1 N–H and O–H groups in total. The monoisotopic (exact) mass is 337 g/mol. The summed E-state index contributed by atoms with van der Waals surface area (Å²) >= 11 is 3.58. The van der Waals surface area contributed by atoms with Gasteiger partial charge in [0.15, 0.2) is 0 Å². The molecular weight excluding hydrogens is 318 g/mol. The molecule has 108 valence electrons. The van der Waals surface area contributed by atoms with Crippen LogP contribution in [0.5, 0.6) is 0 Å². The number of imidazole rings is 1. The molecule has 0 bridgehead atoms. The number of benzene rings is 1. The minimum Gasteiger partial charge on any atom is -0.385 e. The summed E-state index contributed by atoms with van der Waals surface area (Å²) in [7, 11) is 1.72. The number of nitrogens with one attached hydrogen (secondary N) is 1. The zero-order valence-corrected chi connectivity index (χ0v) is 13.7. The predicted octanol–water partition coefficient (Wildman–Crippen LogP) is 4.04. The lowest BCUT2D eigenvalue weighted by Crippen LogP contribution is -2.05. The van der Waals surface area contributed by atoms with Gasteiger partial charge in [0.05, 0.1) is 11.4 Å². The number of anilines is 2. The maximum atomic E-state index is 5.10. The van der Waals surface area contributed by atoms with Crippen LogP contribution in [-0.2, 0) is 11.3 Å². The quantitative estimate of drug-likeness (QED) is 0.808. The van der Waals surface area contributed by atoms with Crippen LogP contribution < -0.4 is 5.32 Å². The highest BCUT2D eigenvalue weighted by molar-refractivity contribution is 9.10. The summed E-state index contributed by atoms with van der Waals surface area (Å²) < 4.78 is 8.27. The SMILES string of the molecule is COCCCn1cc(C)nc1Nc1ccc(C)cc1Br. The number of methoxy groups -OCH3 is 1. The molecule has 0 saturated carbocycles. The Morgan fingerprint density at radius 2 is 2.15 bits per heavy atom. The molecule has 0 unspecified atom stereocenters. The fourth-order valence-electron chi connectivity index (χ4n) is 2.04. The van der Waals surface area contributed by atoms with Crippen molar-refractivity contribution in [2.45, 2.75) is 26.8 Å². The van der Waals surface area contributed by atoms with E-state index < -0.39 is 0 Å². The van der Waals surface area contributed by atoms with Gasteiger partial charge in [0.25, 0.3) is 0 Å². The Hall–Kier alpha value is -1.33. The molecule has 4 nitrogen and oxygen atoms in total. The molecule has 0 spiro atoms. The Kier molecular flexibility index (Phi) is 5.20. The molecule has 1 aromatic carbocycles. The summed E-state index contributed by atoms with van der Waals surface area (Å²) in [5.74, 6) is 0.864. The Morgan fingerprint density at radius 3 is 2.85 bits per heavy atom. The van der Waals surface area contributed by atoms with E-state index in [1.807, 2.05) is 6.92 Å². The molecule has 0 radical (unpaired) electrons. The standard InChI is InChI=1S/C15H20BrN3O/c1-11-5-6-14(13(16)9-11)18-15-17-12(2)10-19(15)7-4-8-20-3/h5-6,9-10H,4,7-8H2,1-3H3,(H,17,18).